The van der Waals surface area contributed by atoms with Crippen molar-refractivity contribution in [1.82, 2.24) is 10.6 Å². The molecule has 0 aliphatic carbocycles. The molecule has 2 amide bonds. The summed E-state index contributed by atoms with van der Waals surface area (Å²) < 4.78 is 76.5. The minimum Gasteiger partial charge on any atom is -0.394 e. The first-order chi connectivity index (χ1) is 38.7. The summed E-state index contributed by atoms with van der Waals surface area (Å²) in [7, 11) is 0. The summed E-state index contributed by atoms with van der Waals surface area (Å²) in [4.78, 5) is 25.4. The fourth-order valence-electron chi connectivity index (χ4n) is 10.7. The van der Waals surface area contributed by atoms with Crippen molar-refractivity contribution in [1.29, 1.82) is 0 Å². The van der Waals surface area contributed by atoms with Gasteiger partial charge in [-0.05, 0) is 13.8 Å². The van der Waals surface area contributed by atoms with Crippen LogP contribution in [-0.4, -0.2) is 357 Å². The maximum Gasteiger partial charge on any atom is 0.217 e. The Labute approximate surface area is 465 Å². The average molecular weight is 1200 g/mol. The van der Waals surface area contributed by atoms with Crippen molar-refractivity contribution >= 4 is 11.8 Å². The lowest BCUT2D eigenvalue weighted by Crippen LogP contribution is -2.71. The highest BCUT2D eigenvalue weighted by atomic mass is 16.8. The molecule has 0 saturated carbocycles. The zero-order chi connectivity index (χ0) is 60.5. The van der Waals surface area contributed by atoms with Crippen molar-refractivity contribution < 1.29 is 168 Å². The SMILES string of the molecule is CC(=O)N[C@@H]1[C@@H](O[C@@H]2O[C@@H](C)[C@@H](O)[C@@H](O)[C@@H]2O)[C@H](O[C@@H]2O[C@H](CO)[C@@H](O[C@@H]3O[C@H](CO)[C@@H](O[C@@H]4O[C@H](CO)[C@H](O)[C@H](O)[C@H]4O[C@@H]4O[C@@H](C)[C@@H](O)[C@@H](O)[C@@H]4O)[C@H](O[C@H]4O[C@H](CO)[C@@H](O)[C@H](O)[C@@H]4O)[C@@H]3O)[C@H](O)[C@H]2NC(C)=O)[C@@H](CO)O[C@H]1O. The Morgan fingerprint density at radius 3 is 1.17 bits per heavy atom. The first-order valence-electron chi connectivity index (χ1n) is 26.3. The van der Waals surface area contributed by atoms with Gasteiger partial charge in [0.05, 0.1) is 45.2 Å². The highest BCUT2D eigenvalue weighted by molar-refractivity contribution is 5.73. The molecule has 0 radical (unpaired) electrons. The van der Waals surface area contributed by atoms with Gasteiger partial charge in [-0.1, -0.05) is 0 Å². The van der Waals surface area contributed by atoms with Gasteiger partial charge in [0.1, 0.15) is 159 Å². The molecule has 476 valence electrons. The molecule has 82 heavy (non-hydrogen) atoms. The van der Waals surface area contributed by atoms with Crippen LogP contribution in [0.4, 0.5) is 0 Å². The third kappa shape index (κ3) is 14.1. The van der Waals surface area contributed by atoms with Gasteiger partial charge in [0.15, 0.2) is 44.0 Å². The van der Waals surface area contributed by atoms with E-state index in [9.17, 15) is 107 Å². The van der Waals surface area contributed by atoms with E-state index in [-0.39, 0.29) is 0 Å². The molecule has 7 fully saturated rings. The van der Waals surface area contributed by atoms with Gasteiger partial charge in [0, 0.05) is 13.8 Å². The Bertz CT molecular complexity index is 2030. The number of ether oxygens (including phenoxy) is 13. The van der Waals surface area contributed by atoms with Crippen LogP contribution in [0.1, 0.15) is 27.7 Å². The second-order valence-electron chi connectivity index (χ2n) is 21.0. The second kappa shape index (κ2) is 28.7. The average Bonchev–Trinajstić information content (AvgIpc) is 3.63. The van der Waals surface area contributed by atoms with Crippen LogP contribution < -0.4 is 10.6 Å². The van der Waals surface area contributed by atoms with Crippen molar-refractivity contribution in [3.05, 3.63) is 0 Å². The number of carbonyl (C=O) groups is 2. The molecule has 21 N–H and O–H groups in total. The second-order valence-corrected chi connectivity index (χ2v) is 21.0. The molecule has 0 unspecified atom stereocenters. The van der Waals surface area contributed by atoms with Crippen molar-refractivity contribution in [3.63, 3.8) is 0 Å². The van der Waals surface area contributed by atoms with Crippen LogP contribution in [0, 0.1) is 0 Å². The zero-order valence-corrected chi connectivity index (χ0v) is 44.4. The van der Waals surface area contributed by atoms with E-state index in [0.29, 0.717) is 0 Å². The van der Waals surface area contributed by atoms with E-state index in [1.54, 1.807) is 0 Å². The Kier molecular flexibility index (Phi) is 23.5. The largest absolute Gasteiger partial charge is 0.394 e. The van der Waals surface area contributed by atoms with Gasteiger partial charge in [0.2, 0.25) is 11.8 Å². The van der Waals surface area contributed by atoms with Crippen molar-refractivity contribution in [3.8, 4) is 0 Å². The third-order valence-electron chi connectivity index (χ3n) is 15.3. The summed E-state index contributed by atoms with van der Waals surface area (Å²) in [6.45, 7) is -0.633. The van der Waals surface area contributed by atoms with E-state index in [0.717, 1.165) is 13.8 Å². The lowest BCUT2D eigenvalue weighted by atomic mass is 9.93. The summed E-state index contributed by atoms with van der Waals surface area (Å²) in [5.41, 5.74) is 0. The predicted octanol–water partition coefficient (Wildman–Crippen LogP) is -13.9. The summed E-state index contributed by atoms with van der Waals surface area (Å²) in [5, 5.41) is 211. The van der Waals surface area contributed by atoms with E-state index in [1.165, 1.54) is 13.8 Å². The number of hydrogen-bond donors (Lipinski definition) is 21. The Hall–Kier alpha value is -2.34. The molecule has 7 rings (SSSR count). The molecule has 36 heteroatoms. The quantitative estimate of drug-likeness (QED) is 0.0571. The maximum atomic E-state index is 12.9. The number of amides is 2. The van der Waals surface area contributed by atoms with Crippen molar-refractivity contribution in [2.75, 3.05) is 33.0 Å². The summed E-state index contributed by atoms with van der Waals surface area (Å²) >= 11 is 0. The first kappa shape index (κ1) is 67.2. The predicted molar refractivity (Wildman–Crippen MR) is 252 cm³/mol. The molecule has 35 atom stereocenters. The number of nitrogens with one attached hydrogen (secondary N) is 2. The van der Waals surface area contributed by atoms with Gasteiger partial charge < -0.3 is 169 Å². The van der Waals surface area contributed by atoms with Crippen LogP contribution in [0.25, 0.3) is 0 Å². The minimum atomic E-state index is -2.38. The van der Waals surface area contributed by atoms with Crippen LogP contribution in [0.15, 0.2) is 0 Å². The number of rotatable bonds is 19. The molecule has 7 aliphatic heterocycles. The number of aliphatic hydroxyl groups excluding tert-OH is 19. The molecule has 7 heterocycles. The van der Waals surface area contributed by atoms with Crippen LogP contribution in [-0.2, 0) is 71.2 Å². The summed E-state index contributed by atoms with van der Waals surface area (Å²) in [6, 6.07) is -3.51. The van der Waals surface area contributed by atoms with Gasteiger partial charge in [-0.15, -0.1) is 0 Å². The van der Waals surface area contributed by atoms with Crippen molar-refractivity contribution in [2.45, 2.75) is 243 Å². The van der Waals surface area contributed by atoms with Gasteiger partial charge in [0.25, 0.3) is 0 Å². The van der Waals surface area contributed by atoms with Crippen LogP contribution in [0.2, 0.25) is 0 Å². The smallest absolute Gasteiger partial charge is 0.217 e. The normalized spacial score (nSPS) is 51.3. The van der Waals surface area contributed by atoms with Gasteiger partial charge in [-0.25, -0.2) is 0 Å². The van der Waals surface area contributed by atoms with Crippen molar-refractivity contribution in [2.24, 2.45) is 0 Å². The summed E-state index contributed by atoms with van der Waals surface area (Å²) in [5.74, 6) is -1.67. The minimum absolute atomic E-state index is 0.787. The highest BCUT2D eigenvalue weighted by Crippen LogP contribution is 2.39. The number of aliphatic hydroxyl groups is 19. The van der Waals surface area contributed by atoms with E-state index in [1.807, 2.05) is 0 Å². The van der Waals surface area contributed by atoms with Crippen LogP contribution >= 0.6 is 0 Å². The zero-order valence-electron chi connectivity index (χ0n) is 44.4. The molecule has 0 aromatic heterocycles. The van der Waals surface area contributed by atoms with Crippen LogP contribution in [0.3, 0.4) is 0 Å². The monoisotopic (exact) mass is 1200 g/mol. The Morgan fingerprint density at radius 2 is 0.659 bits per heavy atom. The van der Waals surface area contributed by atoms with Gasteiger partial charge in [-0.3, -0.25) is 9.59 Å². The topological polar surface area (TPSA) is 563 Å². The standard InChI is InChI=1S/C46H78N2O34/c1-10-21(56)26(61)30(65)42(70-10)80-37-20(48-13(4)55)40(69)72-17(8-52)35(37)78-41-19(47-12(3)54)25(60)34(16(7-51)75-41)77-45-33(68)38(81-44-32(67)28(63)23(58)14(5-49)73-44)36(18(9-53)76-45)79-46-39(29(64)24(59)15(6-50)74-46)82-43-31(66)27(62)22(57)11(2)71-43/h10-11,14-46,49-53,56-69H,5-9H2,1-4H3,(H,47,54)(H,48,55)/t10-,11-,14+,15+,16+,17+,18+,19+,20+,21+,22+,23+,24-,25+,26+,27+,28-,29-,30-,31-,32-,33-,34+,35+,36+,37+,38+,39+,40+,41-,42-,43-,44+,45-,46-/m0/s1. The number of hydrogen-bond acceptors (Lipinski definition) is 34. The van der Waals surface area contributed by atoms with E-state index >= 15 is 0 Å². The van der Waals surface area contributed by atoms with E-state index < -0.39 is 260 Å². The fourth-order valence-corrected chi connectivity index (χ4v) is 10.7. The maximum absolute atomic E-state index is 12.9. The third-order valence-corrected chi connectivity index (χ3v) is 15.3. The van der Waals surface area contributed by atoms with E-state index in [2.05, 4.69) is 10.6 Å². The molecule has 0 bridgehead atoms. The molecule has 7 saturated heterocycles. The molecule has 7 aliphatic rings. The van der Waals surface area contributed by atoms with E-state index in [4.69, 9.17) is 61.6 Å². The van der Waals surface area contributed by atoms with Crippen LogP contribution in [0.5, 0.6) is 0 Å². The highest BCUT2D eigenvalue weighted by Gasteiger charge is 2.60. The summed E-state index contributed by atoms with van der Waals surface area (Å²) in [6.07, 6.45) is -63.1. The molecule has 0 aromatic carbocycles. The Balaban J connectivity index is 1.20. The lowest BCUT2D eigenvalue weighted by Gasteiger charge is -2.52. The number of carbonyl (C=O) groups excluding carboxylic acids is 2. The molecule has 36 nitrogen and oxygen atoms in total. The fraction of sp³-hybridized carbons (Fsp3) is 0.957. The molecular weight excluding hydrogens is 1120 g/mol. The van der Waals surface area contributed by atoms with Gasteiger partial charge in [-0.2, -0.15) is 0 Å². The molecule has 0 aromatic rings. The van der Waals surface area contributed by atoms with Gasteiger partial charge >= 0.3 is 0 Å². The first-order valence-corrected chi connectivity index (χ1v) is 26.3. The lowest BCUT2D eigenvalue weighted by molar-refractivity contribution is -0.408. The Morgan fingerprint density at radius 1 is 0.317 bits per heavy atom. The molecular formula is C46H78N2O34. The molecule has 0 spiro atoms.